The molecule has 4 heteroatoms. The maximum Gasteiger partial charge on any atom is 0.251 e. The van der Waals surface area contributed by atoms with Gasteiger partial charge in [-0.2, -0.15) is 0 Å². The minimum absolute atomic E-state index is 0.0799. The van der Waals surface area contributed by atoms with Crippen molar-refractivity contribution in [3.63, 3.8) is 0 Å². The standard InChI is InChI=1S/C15H15NO2S/c1-2-9-18-13-7-5-12(6-8-13)15(17)16-11-14-4-3-10-19-14/h2-8,10H,1,9,11H2,(H,16,17). The molecule has 2 rings (SSSR count). The Morgan fingerprint density at radius 1 is 1.32 bits per heavy atom. The van der Waals surface area contributed by atoms with E-state index in [-0.39, 0.29) is 5.91 Å². The summed E-state index contributed by atoms with van der Waals surface area (Å²) < 4.78 is 5.36. The van der Waals surface area contributed by atoms with Gasteiger partial charge in [0.15, 0.2) is 0 Å². The minimum Gasteiger partial charge on any atom is -0.490 e. The van der Waals surface area contributed by atoms with Gasteiger partial charge in [-0.3, -0.25) is 4.79 Å². The van der Waals surface area contributed by atoms with Gasteiger partial charge in [0.2, 0.25) is 0 Å². The van der Waals surface area contributed by atoms with Crippen LogP contribution in [0.5, 0.6) is 5.75 Å². The average molecular weight is 273 g/mol. The molecule has 0 fully saturated rings. The van der Waals surface area contributed by atoms with Gasteiger partial charge in [0.25, 0.3) is 5.91 Å². The largest absolute Gasteiger partial charge is 0.490 e. The van der Waals surface area contributed by atoms with Crippen LogP contribution in [-0.2, 0) is 6.54 Å². The van der Waals surface area contributed by atoms with E-state index in [1.165, 1.54) is 0 Å². The van der Waals surface area contributed by atoms with Crippen molar-refractivity contribution in [1.29, 1.82) is 0 Å². The summed E-state index contributed by atoms with van der Waals surface area (Å²) in [5.74, 6) is 0.651. The van der Waals surface area contributed by atoms with Crippen LogP contribution in [0.15, 0.2) is 54.4 Å². The van der Waals surface area contributed by atoms with Crippen LogP contribution in [-0.4, -0.2) is 12.5 Å². The summed E-state index contributed by atoms with van der Waals surface area (Å²) in [5.41, 5.74) is 0.627. The molecule has 19 heavy (non-hydrogen) atoms. The fraction of sp³-hybridized carbons (Fsp3) is 0.133. The molecule has 1 aromatic heterocycles. The summed E-state index contributed by atoms with van der Waals surface area (Å²) in [7, 11) is 0. The van der Waals surface area contributed by atoms with Gasteiger partial charge in [0, 0.05) is 10.4 Å². The van der Waals surface area contributed by atoms with Crippen molar-refractivity contribution >= 4 is 17.2 Å². The molecule has 0 spiro atoms. The number of amides is 1. The number of carbonyl (C=O) groups is 1. The Bertz CT molecular complexity index is 532. The maximum absolute atomic E-state index is 11.9. The number of carbonyl (C=O) groups excluding carboxylic acids is 1. The van der Waals surface area contributed by atoms with E-state index < -0.39 is 0 Å². The lowest BCUT2D eigenvalue weighted by molar-refractivity contribution is 0.0951. The zero-order valence-electron chi connectivity index (χ0n) is 10.5. The summed E-state index contributed by atoms with van der Waals surface area (Å²) in [6, 6.07) is 11.0. The fourth-order valence-corrected chi connectivity index (χ4v) is 2.18. The lowest BCUT2D eigenvalue weighted by atomic mass is 10.2. The van der Waals surface area contributed by atoms with E-state index in [0.717, 1.165) is 10.6 Å². The minimum atomic E-state index is -0.0799. The second-order valence-corrected chi connectivity index (χ2v) is 4.92. The second-order valence-electron chi connectivity index (χ2n) is 3.89. The van der Waals surface area contributed by atoms with Crippen LogP contribution in [0.4, 0.5) is 0 Å². The van der Waals surface area contributed by atoms with E-state index in [1.54, 1.807) is 41.7 Å². The number of hydrogen-bond donors (Lipinski definition) is 1. The van der Waals surface area contributed by atoms with Crippen molar-refractivity contribution in [2.45, 2.75) is 6.54 Å². The normalized spacial score (nSPS) is 9.89. The van der Waals surface area contributed by atoms with Gasteiger partial charge in [-0.15, -0.1) is 11.3 Å². The summed E-state index contributed by atoms with van der Waals surface area (Å²) in [5, 5.41) is 4.87. The van der Waals surface area contributed by atoms with Gasteiger partial charge in [-0.25, -0.2) is 0 Å². The number of hydrogen-bond acceptors (Lipinski definition) is 3. The molecular weight excluding hydrogens is 258 g/mol. The van der Waals surface area contributed by atoms with Crippen molar-refractivity contribution in [3.8, 4) is 5.75 Å². The summed E-state index contributed by atoms with van der Waals surface area (Å²) in [6.07, 6.45) is 1.68. The SMILES string of the molecule is C=CCOc1ccc(C(=O)NCc2cccs2)cc1. The van der Waals surface area contributed by atoms with Gasteiger partial charge >= 0.3 is 0 Å². The van der Waals surface area contributed by atoms with E-state index in [9.17, 15) is 4.79 Å². The molecule has 0 unspecified atom stereocenters. The number of thiophene rings is 1. The second kappa shape index (κ2) is 6.75. The van der Waals surface area contributed by atoms with Crippen LogP contribution in [0, 0.1) is 0 Å². The van der Waals surface area contributed by atoms with E-state index in [0.29, 0.717) is 18.7 Å². The number of ether oxygens (including phenoxy) is 1. The molecule has 98 valence electrons. The molecule has 1 amide bonds. The Kier molecular flexibility index (Phi) is 4.75. The van der Waals surface area contributed by atoms with E-state index in [2.05, 4.69) is 11.9 Å². The van der Waals surface area contributed by atoms with Crippen molar-refractivity contribution in [2.24, 2.45) is 0 Å². The highest BCUT2D eigenvalue weighted by molar-refractivity contribution is 7.09. The first kappa shape index (κ1) is 13.4. The molecule has 2 aromatic rings. The molecule has 1 heterocycles. The molecule has 0 aliphatic rings. The molecule has 0 aliphatic heterocycles. The molecule has 0 bridgehead atoms. The average Bonchev–Trinajstić information content (AvgIpc) is 2.96. The summed E-state index contributed by atoms with van der Waals surface area (Å²) in [6.45, 7) is 4.61. The Morgan fingerprint density at radius 3 is 2.74 bits per heavy atom. The molecule has 0 aliphatic carbocycles. The highest BCUT2D eigenvalue weighted by Crippen LogP contribution is 2.13. The maximum atomic E-state index is 11.9. The smallest absolute Gasteiger partial charge is 0.251 e. The number of nitrogens with one attached hydrogen (secondary N) is 1. The molecule has 1 N–H and O–H groups in total. The molecule has 0 saturated carbocycles. The first-order valence-corrected chi connectivity index (χ1v) is 6.82. The molecule has 0 saturated heterocycles. The van der Waals surface area contributed by atoms with Crippen LogP contribution in [0.2, 0.25) is 0 Å². The van der Waals surface area contributed by atoms with Crippen molar-refractivity contribution in [3.05, 3.63) is 64.9 Å². The Labute approximate surface area is 116 Å². The monoisotopic (exact) mass is 273 g/mol. The van der Waals surface area contributed by atoms with Crippen LogP contribution < -0.4 is 10.1 Å². The topological polar surface area (TPSA) is 38.3 Å². The first-order valence-electron chi connectivity index (χ1n) is 5.94. The quantitative estimate of drug-likeness (QED) is 0.820. The highest BCUT2D eigenvalue weighted by Gasteiger charge is 2.05. The molecule has 0 radical (unpaired) electrons. The third-order valence-corrected chi connectivity index (χ3v) is 3.36. The number of benzene rings is 1. The summed E-state index contributed by atoms with van der Waals surface area (Å²) >= 11 is 1.63. The van der Waals surface area contributed by atoms with Gasteiger partial charge in [0.05, 0.1) is 6.54 Å². The van der Waals surface area contributed by atoms with Crippen molar-refractivity contribution in [2.75, 3.05) is 6.61 Å². The van der Waals surface area contributed by atoms with Crippen LogP contribution in [0.1, 0.15) is 15.2 Å². The first-order chi connectivity index (χ1) is 9.29. The van der Waals surface area contributed by atoms with Crippen LogP contribution in [0.25, 0.3) is 0 Å². The summed E-state index contributed by atoms with van der Waals surface area (Å²) in [4.78, 5) is 13.0. The van der Waals surface area contributed by atoms with Gasteiger partial charge in [-0.05, 0) is 35.7 Å². The predicted octanol–water partition coefficient (Wildman–Crippen LogP) is 3.24. The molecular formula is C15H15NO2S. The van der Waals surface area contributed by atoms with E-state index in [4.69, 9.17) is 4.74 Å². The van der Waals surface area contributed by atoms with Crippen molar-refractivity contribution < 1.29 is 9.53 Å². The van der Waals surface area contributed by atoms with Crippen LogP contribution in [0.3, 0.4) is 0 Å². The predicted molar refractivity (Wildman–Crippen MR) is 77.6 cm³/mol. The van der Waals surface area contributed by atoms with Crippen LogP contribution >= 0.6 is 11.3 Å². The number of rotatable bonds is 6. The third-order valence-electron chi connectivity index (χ3n) is 2.49. The third kappa shape index (κ3) is 3.96. The molecule has 0 atom stereocenters. The lowest BCUT2D eigenvalue weighted by Crippen LogP contribution is -2.22. The Hall–Kier alpha value is -2.07. The molecule has 3 nitrogen and oxygen atoms in total. The fourth-order valence-electron chi connectivity index (χ4n) is 1.54. The van der Waals surface area contributed by atoms with Gasteiger partial charge in [0.1, 0.15) is 12.4 Å². The van der Waals surface area contributed by atoms with E-state index >= 15 is 0 Å². The zero-order chi connectivity index (χ0) is 13.5. The zero-order valence-corrected chi connectivity index (χ0v) is 11.3. The van der Waals surface area contributed by atoms with E-state index in [1.807, 2.05) is 17.5 Å². The van der Waals surface area contributed by atoms with Gasteiger partial charge in [-0.1, -0.05) is 18.7 Å². The highest BCUT2D eigenvalue weighted by atomic mass is 32.1. The lowest BCUT2D eigenvalue weighted by Gasteiger charge is -2.06. The van der Waals surface area contributed by atoms with Crippen molar-refractivity contribution in [1.82, 2.24) is 5.32 Å². The Balaban J connectivity index is 1.90. The molecule has 1 aromatic carbocycles. The Morgan fingerprint density at radius 2 is 2.11 bits per heavy atom. The van der Waals surface area contributed by atoms with Gasteiger partial charge < -0.3 is 10.1 Å².